The standard InChI is InChI=1S/C22H28N2O3/c1-25-19-8-6-18(7-9-19)15-24-13-10-20-22(16-24,11-4-14-26-20)17-27-21-5-2-3-12-23-21/h2-3,5-9,12,20H,4,10-11,13-17H2,1H3/t20-,22-/m0/s1. The average molecular weight is 368 g/mol. The molecule has 0 saturated carbocycles. The quantitative estimate of drug-likeness (QED) is 0.780. The van der Waals surface area contributed by atoms with E-state index in [1.807, 2.05) is 30.3 Å². The summed E-state index contributed by atoms with van der Waals surface area (Å²) in [5, 5.41) is 0. The predicted octanol–water partition coefficient (Wildman–Crippen LogP) is 3.54. The lowest BCUT2D eigenvalue weighted by Crippen LogP contribution is -2.57. The zero-order valence-corrected chi connectivity index (χ0v) is 16.0. The van der Waals surface area contributed by atoms with Crippen LogP contribution in [-0.4, -0.2) is 49.4 Å². The molecular formula is C22H28N2O3. The van der Waals surface area contributed by atoms with Crippen LogP contribution in [0.15, 0.2) is 48.7 Å². The summed E-state index contributed by atoms with van der Waals surface area (Å²) >= 11 is 0. The second kappa shape index (κ2) is 8.28. The van der Waals surface area contributed by atoms with Crippen LogP contribution in [-0.2, 0) is 11.3 Å². The fraction of sp³-hybridized carbons (Fsp3) is 0.500. The third kappa shape index (κ3) is 4.25. The number of methoxy groups -OCH3 is 1. The van der Waals surface area contributed by atoms with E-state index in [4.69, 9.17) is 14.2 Å². The molecule has 2 saturated heterocycles. The Hall–Kier alpha value is -2.11. The topological polar surface area (TPSA) is 43.8 Å². The smallest absolute Gasteiger partial charge is 0.213 e. The first-order valence-corrected chi connectivity index (χ1v) is 9.78. The number of hydrogen-bond donors (Lipinski definition) is 0. The average Bonchev–Trinajstić information content (AvgIpc) is 2.73. The lowest BCUT2D eigenvalue weighted by molar-refractivity contribution is -0.141. The largest absolute Gasteiger partial charge is 0.497 e. The number of nitrogens with zero attached hydrogens (tertiary/aromatic N) is 2. The molecule has 2 aliphatic heterocycles. The number of ether oxygens (including phenoxy) is 3. The molecule has 0 bridgehead atoms. The maximum atomic E-state index is 6.16. The minimum Gasteiger partial charge on any atom is -0.497 e. The van der Waals surface area contributed by atoms with Gasteiger partial charge >= 0.3 is 0 Å². The molecule has 144 valence electrons. The van der Waals surface area contributed by atoms with Crippen molar-refractivity contribution >= 4 is 0 Å². The van der Waals surface area contributed by atoms with Crippen molar-refractivity contribution in [1.29, 1.82) is 0 Å². The van der Waals surface area contributed by atoms with Crippen LogP contribution >= 0.6 is 0 Å². The SMILES string of the molecule is COc1ccc(CN2CC[C@@H]3OCCC[C@@]3(COc3ccccn3)C2)cc1. The van der Waals surface area contributed by atoms with E-state index in [0.29, 0.717) is 12.5 Å². The number of benzene rings is 1. The molecule has 0 amide bonds. The van der Waals surface area contributed by atoms with Gasteiger partial charge in [0.1, 0.15) is 5.75 Å². The summed E-state index contributed by atoms with van der Waals surface area (Å²) in [6.45, 7) is 4.53. The first-order valence-electron chi connectivity index (χ1n) is 9.78. The Morgan fingerprint density at radius 1 is 1.22 bits per heavy atom. The van der Waals surface area contributed by atoms with Crippen LogP contribution in [0.3, 0.4) is 0 Å². The molecule has 0 unspecified atom stereocenters. The number of piperidine rings is 1. The van der Waals surface area contributed by atoms with E-state index in [9.17, 15) is 0 Å². The van der Waals surface area contributed by atoms with E-state index < -0.39 is 0 Å². The molecule has 0 spiro atoms. The second-order valence-electron chi connectivity index (χ2n) is 7.63. The van der Waals surface area contributed by atoms with Crippen LogP contribution in [0.5, 0.6) is 11.6 Å². The summed E-state index contributed by atoms with van der Waals surface area (Å²) in [6, 6.07) is 14.2. The molecule has 2 aromatic rings. The molecule has 27 heavy (non-hydrogen) atoms. The van der Waals surface area contributed by atoms with Crippen molar-refractivity contribution in [2.24, 2.45) is 5.41 Å². The van der Waals surface area contributed by atoms with Crippen LogP contribution < -0.4 is 9.47 Å². The maximum Gasteiger partial charge on any atom is 0.213 e. The van der Waals surface area contributed by atoms with Crippen LogP contribution in [0.1, 0.15) is 24.8 Å². The van der Waals surface area contributed by atoms with Gasteiger partial charge in [0.25, 0.3) is 0 Å². The summed E-state index contributed by atoms with van der Waals surface area (Å²) < 4.78 is 17.5. The first kappa shape index (κ1) is 18.3. The Morgan fingerprint density at radius 2 is 2.11 bits per heavy atom. The van der Waals surface area contributed by atoms with E-state index in [-0.39, 0.29) is 11.5 Å². The van der Waals surface area contributed by atoms with Crippen LogP contribution in [0, 0.1) is 5.41 Å². The number of rotatable bonds is 6. The summed E-state index contributed by atoms with van der Waals surface area (Å²) in [6.07, 6.45) is 5.35. The number of pyridine rings is 1. The molecule has 0 aliphatic carbocycles. The fourth-order valence-corrected chi connectivity index (χ4v) is 4.37. The Labute approximate surface area is 161 Å². The van der Waals surface area contributed by atoms with Crippen molar-refractivity contribution in [2.75, 3.05) is 33.4 Å². The highest BCUT2D eigenvalue weighted by atomic mass is 16.5. The molecule has 1 aromatic heterocycles. The first-order chi connectivity index (χ1) is 13.3. The van der Waals surface area contributed by atoms with Gasteiger partial charge in [-0.05, 0) is 43.0 Å². The minimum atomic E-state index is 0.0422. The molecule has 2 atom stereocenters. The summed E-state index contributed by atoms with van der Waals surface area (Å²) in [4.78, 5) is 6.85. The molecule has 0 N–H and O–H groups in total. The van der Waals surface area contributed by atoms with Crippen LogP contribution in [0.2, 0.25) is 0 Å². The normalized spacial score (nSPS) is 25.6. The molecule has 0 radical (unpaired) electrons. The highest BCUT2D eigenvalue weighted by Crippen LogP contribution is 2.41. The fourth-order valence-electron chi connectivity index (χ4n) is 4.37. The summed E-state index contributed by atoms with van der Waals surface area (Å²) in [7, 11) is 1.70. The minimum absolute atomic E-state index is 0.0422. The van der Waals surface area contributed by atoms with Gasteiger partial charge in [-0.1, -0.05) is 18.2 Å². The lowest BCUT2D eigenvalue weighted by Gasteiger charge is -2.50. The van der Waals surface area contributed by atoms with Crippen LogP contribution in [0.4, 0.5) is 0 Å². The Balaban J connectivity index is 1.45. The van der Waals surface area contributed by atoms with Crippen molar-refractivity contribution in [1.82, 2.24) is 9.88 Å². The maximum absolute atomic E-state index is 6.16. The third-order valence-corrected chi connectivity index (χ3v) is 5.78. The number of fused-ring (bicyclic) bond motifs is 1. The number of aromatic nitrogens is 1. The molecule has 3 heterocycles. The Bertz CT molecular complexity index is 722. The van der Waals surface area contributed by atoms with Crippen molar-refractivity contribution in [3.05, 3.63) is 54.2 Å². The van der Waals surface area contributed by atoms with Gasteiger partial charge in [-0.25, -0.2) is 4.98 Å². The Morgan fingerprint density at radius 3 is 2.89 bits per heavy atom. The van der Waals surface area contributed by atoms with E-state index in [2.05, 4.69) is 22.0 Å². The van der Waals surface area contributed by atoms with Gasteiger partial charge in [0.15, 0.2) is 0 Å². The molecule has 5 nitrogen and oxygen atoms in total. The second-order valence-corrected chi connectivity index (χ2v) is 7.63. The highest BCUT2D eigenvalue weighted by Gasteiger charge is 2.46. The lowest BCUT2D eigenvalue weighted by atomic mass is 9.73. The number of hydrogen-bond acceptors (Lipinski definition) is 5. The van der Waals surface area contributed by atoms with Crippen LogP contribution in [0.25, 0.3) is 0 Å². The van der Waals surface area contributed by atoms with E-state index in [0.717, 1.165) is 51.3 Å². The van der Waals surface area contributed by atoms with Gasteiger partial charge in [-0.2, -0.15) is 0 Å². The van der Waals surface area contributed by atoms with Crippen molar-refractivity contribution in [3.63, 3.8) is 0 Å². The van der Waals surface area contributed by atoms with Gasteiger partial charge in [0.2, 0.25) is 5.88 Å². The predicted molar refractivity (Wildman–Crippen MR) is 104 cm³/mol. The van der Waals surface area contributed by atoms with Crippen molar-refractivity contribution in [2.45, 2.75) is 31.9 Å². The molecule has 2 fully saturated rings. The molecule has 1 aromatic carbocycles. The van der Waals surface area contributed by atoms with Crippen molar-refractivity contribution in [3.8, 4) is 11.6 Å². The Kier molecular flexibility index (Phi) is 5.60. The zero-order chi connectivity index (χ0) is 18.5. The van der Waals surface area contributed by atoms with Gasteiger partial charge in [-0.3, -0.25) is 4.90 Å². The van der Waals surface area contributed by atoms with Crippen molar-refractivity contribution < 1.29 is 14.2 Å². The molecular weight excluding hydrogens is 340 g/mol. The molecule has 5 heteroatoms. The van der Waals surface area contributed by atoms with Gasteiger partial charge in [0, 0.05) is 43.9 Å². The molecule has 2 aliphatic rings. The van der Waals surface area contributed by atoms with Gasteiger partial charge < -0.3 is 14.2 Å². The summed E-state index contributed by atoms with van der Waals surface area (Å²) in [5.74, 6) is 1.60. The molecule has 4 rings (SSSR count). The van der Waals surface area contributed by atoms with E-state index in [1.165, 1.54) is 5.56 Å². The van der Waals surface area contributed by atoms with Gasteiger partial charge in [-0.15, -0.1) is 0 Å². The van der Waals surface area contributed by atoms with Gasteiger partial charge in [0.05, 0.1) is 19.8 Å². The number of likely N-dealkylation sites (tertiary alicyclic amines) is 1. The summed E-state index contributed by atoms with van der Waals surface area (Å²) in [5.41, 5.74) is 1.35. The third-order valence-electron chi connectivity index (χ3n) is 5.78. The monoisotopic (exact) mass is 368 g/mol. The highest BCUT2D eigenvalue weighted by molar-refractivity contribution is 5.27. The zero-order valence-electron chi connectivity index (χ0n) is 16.0. The van der Waals surface area contributed by atoms with E-state index in [1.54, 1.807) is 13.3 Å². The van der Waals surface area contributed by atoms with E-state index >= 15 is 0 Å².